The van der Waals surface area contributed by atoms with Gasteiger partial charge in [-0.2, -0.15) is 0 Å². The maximum absolute atomic E-state index is 13.8. The first kappa shape index (κ1) is 14.9. The van der Waals surface area contributed by atoms with E-state index in [4.69, 9.17) is 11.6 Å². The van der Waals surface area contributed by atoms with Gasteiger partial charge < -0.3 is 10.6 Å². The molecule has 2 amide bonds. The molecule has 3 rings (SSSR count). The Balaban J connectivity index is 1.80. The van der Waals surface area contributed by atoms with E-state index in [-0.39, 0.29) is 11.5 Å². The van der Waals surface area contributed by atoms with Crippen LogP contribution in [0.3, 0.4) is 0 Å². The van der Waals surface area contributed by atoms with E-state index in [2.05, 4.69) is 15.6 Å². The van der Waals surface area contributed by atoms with Gasteiger partial charge in [0.25, 0.3) is 5.91 Å². The number of benzene rings is 1. The van der Waals surface area contributed by atoms with Gasteiger partial charge in [-0.1, -0.05) is 11.6 Å². The van der Waals surface area contributed by atoms with Gasteiger partial charge in [0.1, 0.15) is 21.7 Å². The first-order chi connectivity index (χ1) is 10.5. The zero-order valence-corrected chi connectivity index (χ0v) is 12.8. The Labute approximate surface area is 134 Å². The fourth-order valence-corrected chi connectivity index (χ4v) is 3.14. The fraction of sp³-hybridized carbons (Fsp3) is 0.214. The SMILES string of the molecule is O=C(NC1CCNC1=O)c1cnc(-c2cc(Cl)ccc2F)s1. The third-order valence-corrected chi connectivity index (χ3v) is 4.51. The van der Waals surface area contributed by atoms with Crippen molar-refractivity contribution in [2.75, 3.05) is 6.54 Å². The van der Waals surface area contributed by atoms with Crippen LogP contribution in [0.5, 0.6) is 0 Å². The Kier molecular flexibility index (Phi) is 4.08. The van der Waals surface area contributed by atoms with Crippen molar-refractivity contribution >= 4 is 34.8 Å². The maximum atomic E-state index is 13.8. The van der Waals surface area contributed by atoms with Crippen LogP contribution in [-0.2, 0) is 4.79 Å². The molecule has 5 nitrogen and oxygen atoms in total. The van der Waals surface area contributed by atoms with Gasteiger partial charge in [-0.25, -0.2) is 9.37 Å². The fourth-order valence-electron chi connectivity index (χ4n) is 2.13. The molecule has 0 aliphatic carbocycles. The summed E-state index contributed by atoms with van der Waals surface area (Å²) in [6.07, 6.45) is 1.92. The monoisotopic (exact) mass is 339 g/mol. The molecular weight excluding hydrogens is 329 g/mol. The van der Waals surface area contributed by atoms with E-state index in [1.807, 2.05) is 0 Å². The summed E-state index contributed by atoms with van der Waals surface area (Å²) in [5.41, 5.74) is 0.246. The predicted octanol–water partition coefficient (Wildman–Crippen LogP) is 2.22. The van der Waals surface area contributed by atoms with Crippen LogP contribution in [0.2, 0.25) is 5.02 Å². The number of hydrogen-bond donors (Lipinski definition) is 2. The Bertz CT molecular complexity index is 749. The summed E-state index contributed by atoms with van der Waals surface area (Å²) >= 11 is 6.90. The summed E-state index contributed by atoms with van der Waals surface area (Å²) in [5.74, 6) is -1.05. The molecule has 1 unspecified atom stereocenters. The Hall–Kier alpha value is -1.99. The van der Waals surface area contributed by atoms with Crippen molar-refractivity contribution in [1.82, 2.24) is 15.6 Å². The second-order valence-electron chi connectivity index (χ2n) is 4.76. The molecule has 0 radical (unpaired) electrons. The molecule has 1 aromatic carbocycles. The number of amides is 2. The van der Waals surface area contributed by atoms with E-state index in [9.17, 15) is 14.0 Å². The molecule has 2 aromatic rings. The minimum absolute atomic E-state index is 0.195. The Morgan fingerprint density at radius 3 is 3.05 bits per heavy atom. The van der Waals surface area contributed by atoms with E-state index in [1.54, 1.807) is 0 Å². The van der Waals surface area contributed by atoms with E-state index in [0.717, 1.165) is 11.3 Å². The molecule has 1 aliphatic rings. The van der Waals surface area contributed by atoms with Crippen molar-refractivity contribution < 1.29 is 14.0 Å². The van der Waals surface area contributed by atoms with Crippen LogP contribution in [0, 0.1) is 5.82 Å². The lowest BCUT2D eigenvalue weighted by Crippen LogP contribution is -2.39. The van der Waals surface area contributed by atoms with Gasteiger partial charge in [0.15, 0.2) is 0 Å². The van der Waals surface area contributed by atoms with Crippen LogP contribution in [-0.4, -0.2) is 29.4 Å². The van der Waals surface area contributed by atoms with Crippen LogP contribution in [0.25, 0.3) is 10.6 Å². The average molecular weight is 340 g/mol. The molecule has 22 heavy (non-hydrogen) atoms. The van der Waals surface area contributed by atoms with Crippen LogP contribution in [0.4, 0.5) is 4.39 Å². The normalized spacial score (nSPS) is 17.4. The summed E-state index contributed by atoms with van der Waals surface area (Å²) in [6.45, 7) is 0.547. The van der Waals surface area contributed by atoms with Gasteiger partial charge in [0.05, 0.1) is 6.20 Å². The largest absolute Gasteiger partial charge is 0.354 e. The van der Waals surface area contributed by atoms with Gasteiger partial charge in [-0.15, -0.1) is 11.3 Å². The molecular formula is C14H11ClFN3O2S. The standard InChI is InChI=1S/C14H11ClFN3O2S/c15-7-1-2-9(16)8(5-7)14-18-6-11(22-14)13(21)19-10-3-4-17-12(10)20/h1-2,5-6,10H,3-4H2,(H,17,20)(H,19,21). The lowest BCUT2D eigenvalue weighted by atomic mass is 10.2. The summed E-state index contributed by atoms with van der Waals surface area (Å²) in [5, 5.41) is 6.03. The van der Waals surface area contributed by atoms with Gasteiger partial charge in [-0.05, 0) is 24.6 Å². The van der Waals surface area contributed by atoms with Crippen molar-refractivity contribution in [2.24, 2.45) is 0 Å². The predicted molar refractivity (Wildman–Crippen MR) is 81.4 cm³/mol. The maximum Gasteiger partial charge on any atom is 0.263 e. The highest BCUT2D eigenvalue weighted by molar-refractivity contribution is 7.16. The molecule has 0 saturated carbocycles. The van der Waals surface area contributed by atoms with Crippen LogP contribution in [0.1, 0.15) is 16.1 Å². The first-order valence-electron chi connectivity index (χ1n) is 6.54. The lowest BCUT2D eigenvalue weighted by Gasteiger charge is -2.07. The topological polar surface area (TPSA) is 71.1 Å². The third kappa shape index (κ3) is 2.95. The smallest absolute Gasteiger partial charge is 0.263 e. The molecule has 1 fully saturated rings. The van der Waals surface area contributed by atoms with Crippen LogP contribution in [0.15, 0.2) is 24.4 Å². The van der Waals surface area contributed by atoms with Gasteiger partial charge in [0.2, 0.25) is 5.91 Å². The van der Waals surface area contributed by atoms with E-state index < -0.39 is 17.8 Å². The van der Waals surface area contributed by atoms with Crippen molar-refractivity contribution in [3.63, 3.8) is 0 Å². The number of hydrogen-bond acceptors (Lipinski definition) is 4. The molecule has 0 bridgehead atoms. The number of rotatable bonds is 3. The molecule has 1 aliphatic heterocycles. The summed E-state index contributed by atoms with van der Waals surface area (Å²) in [6, 6.07) is 3.63. The van der Waals surface area contributed by atoms with E-state index >= 15 is 0 Å². The Morgan fingerprint density at radius 1 is 1.50 bits per heavy atom. The van der Waals surface area contributed by atoms with Gasteiger partial charge in [-0.3, -0.25) is 9.59 Å². The third-order valence-electron chi connectivity index (χ3n) is 3.24. The number of nitrogens with one attached hydrogen (secondary N) is 2. The lowest BCUT2D eigenvalue weighted by molar-refractivity contribution is -0.120. The van der Waals surface area contributed by atoms with Crippen LogP contribution >= 0.6 is 22.9 Å². The minimum atomic E-state index is -0.527. The number of carbonyl (C=O) groups is 2. The molecule has 0 spiro atoms. The zero-order valence-electron chi connectivity index (χ0n) is 11.2. The molecule has 8 heteroatoms. The Morgan fingerprint density at radius 2 is 2.32 bits per heavy atom. The second kappa shape index (κ2) is 6.02. The van der Waals surface area contributed by atoms with Gasteiger partial charge in [0, 0.05) is 17.1 Å². The summed E-state index contributed by atoms with van der Waals surface area (Å²) < 4.78 is 13.8. The molecule has 1 aromatic heterocycles. The van der Waals surface area contributed by atoms with Crippen LogP contribution < -0.4 is 10.6 Å². The van der Waals surface area contributed by atoms with Crippen molar-refractivity contribution in [2.45, 2.75) is 12.5 Å². The highest BCUT2D eigenvalue weighted by Gasteiger charge is 2.26. The molecule has 1 atom stereocenters. The first-order valence-corrected chi connectivity index (χ1v) is 7.74. The quantitative estimate of drug-likeness (QED) is 0.900. The summed E-state index contributed by atoms with van der Waals surface area (Å²) in [7, 11) is 0. The number of carbonyl (C=O) groups excluding carboxylic acids is 2. The zero-order chi connectivity index (χ0) is 15.7. The van der Waals surface area contributed by atoms with Crippen molar-refractivity contribution in [1.29, 1.82) is 0 Å². The molecule has 2 N–H and O–H groups in total. The molecule has 2 heterocycles. The highest BCUT2D eigenvalue weighted by Crippen LogP contribution is 2.29. The molecule has 1 saturated heterocycles. The number of thiazole rings is 1. The number of halogens is 2. The highest BCUT2D eigenvalue weighted by atomic mass is 35.5. The minimum Gasteiger partial charge on any atom is -0.354 e. The summed E-state index contributed by atoms with van der Waals surface area (Å²) in [4.78, 5) is 27.9. The van der Waals surface area contributed by atoms with Crippen molar-refractivity contribution in [3.05, 3.63) is 40.1 Å². The van der Waals surface area contributed by atoms with E-state index in [1.165, 1.54) is 24.4 Å². The second-order valence-corrected chi connectivity index (χ2v) is 6.23. The van der Waals surface area contributed by atoms with E-state index in [0.29, 0.717) is 27.9 Å². The number of nitrogens with zero attached hydrogens (tertiary/aromatic N) is 1. The average Bonchev–Trinajstić information content (AvgIpc) is 3.12. The van der Waals surface area contributed by atoms with Gasteiger partial charge >= 0.3 is 0 Å². The molecule has 114 valence electrons. The van der Waals surface area contributed by atoms with Crippen molar-refractivity contribution in [3.8, 4) is 10.6 Å². The number of aromatic nitrogens is 1.